The van der Waals surface area contributed by atoms with E-state index >= 15 is 0 Å². The number of hydrogen-bond donors (Lipinski definition) is 2. The summed E-state index contributed by atoms with van der Waals surface area (Å²) in [6.45, 7) is 0.500. The van der Waals surface area contributed by atoms with E-state index in [1.807, 2.05) is 0 Å². The normalized spacial score (nSPS) is 25.6. The van der Waals surface area contributed by atoms with Crippen molar-refractivity contribution in [3.8, 4) is 0 Å². The number of carboxylic acids is 1. The van der Waals surface area contributed by atoms with Crippen LogP contribution < -0.4 is 5.32 Å². The van der Waals surface area contributed by atoms with Crippen LogP contribution in [0.4, 0.5) is 4.39 Å². The number of nitrogens with one attached hydrogen (secondary N) is 1. The van der Waals surface area contributed by atoms with Crippen LogP contribution in [0.25, 0.3) is 0 Å². The summed E-state index contributed by atoms with van der Waals surface area (Å²) in [5, 5.41) is 12.0. The minimum absolute atomic E-state index is 0.147. The van der Waals surface area contributed by atoms with Crippen molar-refractivity contribution >= 4 is 11.9 Å². The van der Waals surface area contributed by atoms with Crippen molar-refractivity contribution in [2.45, 2.75) is 43.9 Å². The van der Waals surface area contributed by atoms with E-state index in [1.54, 1.807) is 12.1 Å². The van der Waals surface area contributed by atoms with E-state index in [4.69, 9.17) is 5.11 Å². The van der Waals surface area contributed by atoms with Gasteiger partial charge in [0.15, 0.2) is 0 Å². The van der Waals surface area contributed by atoms with Gasteiger partial charge in [-0.3, -0.25) is 9.59 Å². The second-order valence-electron chi connectivity index (χ2n) is 6.84. The third-order valence-corrected chi connectivity index (χ3v) is 5.55. The fourth-order valence-electron chi connectivity index (χ4n) is 3.92. The van der Waals surface area contributed by atoms with Crippen LogP contribution in [0.5, 0.6) is 0 Å². The van der Waals surface area contributed by atoms with Gasteiger partial charge in [-0.05, 0) is 43.4 Å². The average molecular weight is 319 g/mol. The molecule has 0 aliphatic heterocycles. The smallest absolute Gasteiger partial charge is 0.307 e. The maximum atomic E-state index is 13.2. The Morgan fingerprint density at radius 1 is 1.13 bits per heavy atom. The fourth-order valence-corrected chi connectivity index (χ4v) is 3.92. The van der Waals surface area contributed by atoms with Crippen LogP contribution in [0.3, 0.4) is 0 Å². The number of carbonyl (C=O) groups excluding carboxylic acids is 1. The second-order valence-corrected chi connectivity index (χ2v) is 6.84. The Labute approximate surface area is 135 Å². The van der Waals surface area contributed by atoms with E-state index in [1.165, 1.54) is 12.1 Å². The van der Waals surface area contributed by atoms with Crippen LogP contribution in [0.1, 0.15) is 44.1 Å². The lowest BCUT2D eigenvalue weighted by molar-refractivity contribution is -0.152. The second kappa shape index (κ2) is 6.30. The summed E-state index contributed by atoms with van der Waals surface area (Å²) in [4.78, 5) is 23.3. The minimum Gasteiger partial charge on any atom is -0.481 e. The topological polar surface area (TPSA) is 66.4 Å². The Hall–Kier alpha value is -1.91. The number of halogens is 1. The van der Waals surface area contributed by atoms with Crippen molar-refractivity contribution in [2.75, 3.05) is 6.54 Å². The number of aliphatic carboxylic acids is 1. The van der Waals surface area contributed by atoms with Gasteiger partial charge in [-0.1, -0.05) is 25.0 Å². The molecule has 0 heterocycles. The summed E-state index contributed by atoms with van der Waals surface area (Å²) in [6.07, 6.45) is 5.34. The minimum atomic E-state index is -0.884. The van der Waals surface area contributed by atoms with E-state index in [-0.39, 0.29) is 17.1 Å². The SMILES string of the molecule is O=C(O)C1CCC1C(=O)NCC1(c2ccc(F)cc2)CCCC1. The molecule has 2 unspecified atom stereocenters. The zero-order valence-electron chi connectivity index (χ0n) is 13.1. The first-order chi connectivity index (χ1) is 11.0. The van der Waals surface area contributed by atoms with E-state index < -0.39 is 17.8 Å². The van der Waals surface area contributed by atoms with Crippen LogP contribution in [0, 0.1) is 17.7 Å². The molecular formula is C18H22FNO3. The third kappa shape index (κ3) is 3.09. The van der Waals surface area contributed by atoms with Gasteiger partial charge in [0.05, 0.1) is 11.8 Å². The molecule has 1 aromatic rings. The zero-order valence-corrected chi connectivity index (χ0v) is 13.1. The molecule has 0 aromatic heterocycles. The maximum absolute atomic E-state index is 13.2. The van der Waals surface area contributed by atoms with E-state index in [2.05, 4.69) is 5.32 Å². The summed E-state index contributed by atoms with van der Waals surface area (Å²) in [5.74, 6) is -2.24. The molecule has 1 amide bonds. The Kier molecular flexibility index (Phi) is 4.37. The van der Waals surface area contributed by atoms with Crippen LogP contribution in [-0.4, -0.2) is 23.5 Å². The van der Waals surface area contributed by atoms with Crippen LogP contribution in [0.2, 0.25) is 0 Å². The standard InChI is InChI=1S/C18H22FNO3/c19-13-5-3-12(4-6-13)18(9-1-2-10-18)11-20-16(21)14-7-8-15(14)17(22)23/h3-6,14-15H,1-2,7-11H2,(H,20,21)(H,22,23). The van der Waals surface area contributed by atoms with Crippen molar-refractivity contribution in [3.63, 3.8) is 0 Å². The van der Waals surface area contributed by atoms with Gasteiger partial charge in [0, 0.05) is 12.0 Å². The van der Waals surface area contributed by atoms with Crippen LogP contribution in [0.15, 0.2) is 24.3 Å². The van der Waals surface area contributed by atoms with Crippen molar-refractivity contribution in [1.29, 1.82) is 0 Å². The highest BCUT2D eigenvalue weighted by Crippen LogP contribution is 2.41. The molecule has 0 radical (unpaired) electrons. The number of hydrogen-bond acceptors (Lipinski definition) is 2. The molecule has 0 bridgehead atoms. The summed E-state index contributed by atoms with van der Waals surface area (Å²) >= 11 is 0. The summed E-state index contributed by atoms with van der Waals surface area (Å²) in [7, 11) is 0. The van der Waals surface area contributed by atoms with Gasteiger partial charge in [0.25, 0.3) is 0 Å². The quantitative estimate of drug-likeness (QED) is 0.877. The Morgan fingerprint density at radius 3 is 2.26 bits per heavy atom. The van der Waals surface area contributed by atoms with E-state index in [0.717, 1.165) is 31.2 Å². The maximum Gasteiger partial charge on any atom is 0.307 e. The summed E-state index contributed by atoms with van der Waals surface area (Å²) in [6, 6.07) is 6.53. The lowest BCUT2D eigenvalue weighted by Crippen LogP contribution is -2.47. The molecular weight excluding hydrogens is 297 g/mol. The molecule has 4 nitrogen and oxygen atoms in total. The summed E-state index contributed by atoms with van der Waals surface area (Å²) < 4.78 is 13.2. The number of carbonyl (C=O) groups is 2. The van der Waals surface area contributed by atoms with Gasteiger partial charge in [0.2, 0.25) is 5.91 Å². The highest BCUT2D eigenvalue weighted by atomic mass is 19.1. The molecule has 5 heteroatoms. The molecule has 3 rings (SSSR count). The largest absolute Gasteiger partial charge is 0.481 e. The predicted octanol–water partition coefficient (Wildman–Crippen LogP) is 2.86. The number of benzene rings is 1. The lowest BCUT2D eigenvalue weighted by atomic mass is 9.72. The molecule has 0 spiro atoms. The Bertz CT molecular complexity index is 593. The third-order valence-electron chi connectivity index (χ3n) is 5.55. The highest BCUT2D eigenvalue weighted by Gasteiger charge is 2.42. The number of amides is 1. The monoisotopic (exact) mass is 319 g/mol. The van der Waals surface area contributed by atoms with E-state index in [0.29, 0.717) is 19.4 Å². The summed E-state index contributed by atoms with van der Waals surface area (Å²) in [5.41, 5.74) is 0.909. The lowest BCUT2D eigenvalue weighted by Gasteiger charge is -2.35. The Morgan fingerprint density at radius 2 is 1.74 bits per heavy atom. The van der Waals surface area contributed by atoms with Crippen molar-refractivity contribution in [1.82, 2.24) is 5.32 Å². The van der Waals surface area contributed by atoms with Gasteiger partial charge < -0.3 is 10.4 Å². The van der Waals surface area contributed by atoms with Gasteiger partial charge in [-0.25, -0.2) is 4.39 Å². The average Bonchev–Trinajstić information content (AvgIpc) is 2.94. The van der Waals surface area contributed by atoms with Crippen LogP contribution in [-0.2, 0) is 15.0 Å². The molecule has 2 saturated carbocycles. The molecule has 2 N–H and O–H groups in total. The van der Waals surface area contributed by atoms with Crippen molar-refractivity contribution < 1.29 is 19.1 Å². The Balaban J connectivity index is 1.67. The molecule has 23 heavy (non-hydrogen) atoms. The van der Waals surface area contributed by atoms with Gasteiger partial charge in [-0.2, -0.15) is 0 Å². The molecule has 2 atom stereocenters. The number of carboxylic acid groups (broad SMARTS) is 1. The first kappa shape index (κ1) is 16.0. The van der Waals surface area contributed by atoms with Crippen LogP contribution >= 0.6 is 0 Å². The zero-order chi connectivity index (χ0) is 16.4. The molecule has 124 valence electrons. The molecule has 2 fully saturated rings. The van der Waals surface area contributed by atoms with Gasteiger partial charge >= 0.3 is 5.97 Å². The van der Waals surface area contributed by atoms with Gasteiger partial charge in [0.1, 0.15) is 5.82 Å². The predicted molar refractivity (Wildman–Crippen MR) is 83.4 cm³/mol. The molecule has 2 aliphatic rings. The van der Waals surface area contributed by atoms with Crippen molar-refractivity contribution in [2.24, 2.45) is 11.8 Å². The van der Waals surface area contributed by atoms with Crippen molar-refractivity contribution in [3.05, 3.63) is 35.6 Å². The fraction of sp³-hybridized carbons (Fsp3) is 0.556. The first-order valence-corrected chi connectivity index (χ1v) is 8.28. The number of rotatable bonds is 5. The molecule has 1 aromatic carbocycles. The first-order valence-electron chi connectivity index (χ1n) is 8.28. The van der Waals surface area contributed by atoms with E-state index in [9.17, 15) is 14.0 Å². The molecule has 0 saturated heterocycles. The highest BCUT2D eigenvalue weighted by molar-refractivity contribution is 5.86. The van der Waals surface area contributed by atoms with Gasteiger partial charge in [-0.15, -0.1) is 0 Å². The molecule has 2 aliphatic carbocycles.